The summed E-state index contributed by atoms with van der Waals surface area (Å²) in [6, 6.07) is -0.285. The quantitative estimate of drug-likeness (QED) is 0.612. The molecule has 2 atom stereocenters. The van der Waals surface area contributed by atoms with Crippen LogP contribution in [-0.4, -0.2) is 24.9 Å². The van der Waals surface area contributed by atoms with Crippen LogP contribution in [-0.2, 0) is 14.3 Å². The van der Waals surface area contributed by atoms with Gasteiger partial charge in [-0.3, -0.25) is 4.79 Å². The van der Waals surface area contributed by atoms with E-state index in [2.05, 4.69) is 0 Å². The molecule has 2 N–H and O–H groups in total. The largest absolute Gasteiger partial charge is 0.434 e. The average molecular weight is 182 g/mol. The van der Waals surface area contributed by atoms with Gasteiger partial charge in [0.2, 0.25) is 6.29 Å². The molecule has 0 aromatic rings. The number of carbonyl (C=O) groups is 1. The number of rotatable bonds is 2. The van der Waals surface area contributed by atoms with Gasteiger partial charge in [-0.25, -0.2) is 0 Å². The number of hydrogen-bond donors (Lipinski definition) is 1. The summed E-state index contributed by atoms with van der Waals surface area (Å²) in [5, 5.41) is 0. The topological polar surface area (TPSA) is 61.5 Å². The first-order valence-corrected chi connectivity index (χ1v) is 3.30. The van der Waals surface area contributed by atoms with E-state index in [0.29, 0.717) is 6.61 Å². The van der Waals surface area contributed by atoms with Crippen LogP contribution in [0, 0.1) is 0 Å². The molecule has 0 spiro atoms. The summed E-state index contributed by atoms with van der Waals surface area (Å²) in [6.45, 7) is 2.35. The molecule has 0 unspecified atom stereocenters. The van der Waals surface area contributed by atoms with E-state index in [1.54, 1.807) is 0 Å². The molecule has 5 heteroatoms. The van der Waals surface area contributed by atoms with Crippen molar-refractivity contribution in [1.29, 1.82) is 0 Å². The predicted molar refractivity (Wildman–Crippen MR) is 41.3 cm³/mol. The van der Waals surface area contributed by atoms with Crippen LogP contribution >= 0.6 is 12.4 Å². The van der Waals surface area contributed by atoms with Gasteiger partial charge in [0.25, 0.3) is 0 Å². The Morgan fingerprint density at radius 3 is 2.82 bits per heavy atom. The molecule has 1 heterocycles. The summed E-state index contributed by atoms with van der Waals surface area (Å²) in [4.78, 5) is 10.6. The fraction of sp³-hybridized carbons (Fsp3) is 0.833. The lowest BCUT2D eigenvalue weighted by Gasteiger charge is -2.12. The molecule has 1 aliphatic rings. The molecule has 0 aromatic carbocycles. The highest BCUT2D eigenvalue weighted by molar-refractivity contribution is 5.85. The Kier molecular flexibility index (Phi) is 4.40. The maximum Gasteiger partial charge on any atom is 0.309 e. The van der Waals surface area contributed by atoms with Crippen LogP contribution in [0.15, 0.2) is 0 Å². The predicted octanol–water partition coefficient (Wildman–Crippen LogP) is 0.0450. The number of nitrogens with two attached hydrogens (primary N) is 1. The number of halogens is 1. The Bertz CT molecular complexity index is 142. The van der Waals surface area contributed by atoms with Gasteiger partial charge in [-0.2, -0.15) is 0 Å². The monoisotopic (exact) mass is 181 g/mol. The van der Waals surface area contributed by atoms with Crippen molar-refractivity contribution in [3.63, 3.8) is 0 Å². The highest BCUT2D eigenvalue weighted by Crippen LogP contribution is 2.13. The first-order valence-electron chi connectivity index (χ1n) is 3.30. The normalized spacial score (nSPS) is 29.5. The number of ether oxygens (including phenoxy) is 2. The van der Waals surface area contributed by atoms with Gasteiger partial charge < -0.3 is 15.2 Å². The maximum absolute atomic E-state index is 10.6. The molecule has 0 amide bonds. The van der Waals surface area contributed by atoms with E-state index in [1.807, 2.05) is 6.92 Å². The van der Waals surface area contributed by atoms with Crippen LogP contribution in [0.3, 0.4) is 0 Å². The second kappa shape index (κ2) is 4.54. The molecule has 1 aliphatic heterocycles. The van der Waals surface area contributed by atoms with Crippen LogP contribution in [0.2, 0.25) is 0 Å². The number of esters is 1. The molecular weight excluding hydrogens is 170 g/mol. The summed E-state index contributed by atoms with van der Waals surface area (Å²) in [5.41, 5.74) is 5.48. The molecule has 0 aromatic heterocycles. The zero-order chi connectivity index (χ0) is 7.56. The van der Waals surface area contributed by atoms with Crippen molar-refractivity contribution in [2.75, 3.05) is 6.61 Å². The van der Waals surface area contributed by atoms with Crippen molar-refractivity contribution < 1.29 is 14.3 Å². The minimum absolute atomic E-state index is 0. The second-order valence-electron chi connectivity index (χ2n) is 2.18. The summed E-state index contributed by atoms with van der Waals surface area (Å²) < 4.78 is 9.75. The molecule has 0 bridgehead atoms. The Morgan fingerprint density at radius 1 is 1.82 bits per heavy atom. The van der Waals surface area contributed by atoms with Gasteiger partial charge in [0.1, 0.15) is 0 Å². The minimum atomic E-state index is -0.516. The molecule has 66 valence electrons. The van der Waals surface area contributed by atoms with E-state index < -0.39 is 6.29 Å². The fourth-order valence-corrected chi connectivity index (χ4v) is 0.876. The number of hydrogen-bond acceptors (Lipinski definition) is 4. The van der Waals surface area contributed by atoms with Gasteiger partial charge in [-0.05, 0) is 6.92 Å². The Hall–Kier alpha value is -0.320. The molecule has 1 fully saturated rings. The lowest BCUT2D eigenvalue weighted by atomic mass is 10.2. The van der Waals surface area contributed by atoms with Crippen molar-refractivity contribution in [2.45, 2.75) is 25.7 Å². The van der Waals surface area contributed by atoms with Gasteiger partial charge in [0.15, 0.2) is 0 Å². The fourth-order valence-electron chi connectivity index (χ4n) is 0.876. The van der Waals surface area contributed by atoms with Crippen LogP contribution in [0.5, 0.6) is 0 Å². The lowest BCUT2D eigenvalue weighted by molar-refractivity contribution is -0.162. The van der Waals surface area contributed by atoms with Gasteiger partial charge in [-0.15, -0.1) is 12.4 Å². The number of cyclic esters (lactones) is 1. The second-order valence-corrected chi connectivity index (χ2v) is 2.18. The van der Waals surface area contributed by atoms with E-state index in [-0.39, 0.29) is 30.8 Å². The van der Waals surface area contributed by atoms with Crippen LogP contribution < -0.4 is 5.73 Å². The first kappa shape index (κ1) is 10.7. The molecule has 0 aliphatic carbocycles. The average Bonchev–Trinajstić information content (AvgIpc) is 2.13. The maximum atomic E-state index is 10.6. The SMILES string of the molecule is CCO[C@@H]1OC(=O)C[C@@H]1N.Cl. The third-order valence-electron chi connectivity index (χ3n) is 1.33. The third kappa shape index (κ3) is 2.65. The highest BCUT2D eigenvalue weighted by atomic mass is 35.5. The summed E-state index contributed by atoms with van der Waals surface area (Å²) in [7, 11) is 0. The van der Waals surface area contributed by atoms with E-state index in [0.717, 1.165) is 0 Å². The van der Waals surface area contributed by atoms with Gasteiger partial charge in [-0.1, -0.05) is 0 Å². The van der Waals surface area contributed by atoms with E-state index in [9.17, 15) is 4.79 Å². The Labute approximate surface area is 71.4 Å². The van der Waals surface area contributed by atoms with Gasteiger partial charge in [0, 0.05) is 6.61 Å². The standard InChI is InChI=1S/C6H11NO3.ClH/c1-2-9-6-4(7)3-5(8)10-6;/h4,6H,2-3,7H2,1H3;1H/t4-,6+;/m0./s1. The summed E-state index contributed by atoms with van der Waals surface area (Å²) in [5.74, 6) is -0.272. The smallest absolute Gasteiger partial charge is 0.309 e. The molecule has 4 nitrogen and oxygen atoms in total. The molecule has 1 saturated heterocycles. The van der Waals surface area contributed by atoms with Crippen LogP contribution in [0.25, 0.3) is 0 Å². The van der Waals surface area contributed by atoms with Crippen molar-refractivity contribution in [3.8, 4) is 0 Å². The lowest BCUT2D eigenvalue weighted by Crippen LogP contribution is -2.32. The molecule has 1 rings (SSSR count). The van der Waals surface area contributed by atoms with Crippen molar-refractivity contribution in [1.82, 2.24) is 0 Å². The zero-order valence-electron chi connectivity index (χ0n) is 6.28. The van der Waals surface area contributed by atoms with E-state index >= 15 is 0 Å². The minimum Gasteiger partial charge on any atom is -0.434 e. The van der Waals surface area contributed by atoms with Crippen LogP contribution in [0.1, 0.15) is 13.3 Å². The first-order chi connectivity index (χ1) is 4.74. The third-order valence-corrected chi connectivity index (χ3v) is 1.33. The van der Waals surface area contributed by atoms with E-state index in [4.69, 9.17) is 15.2 Å². The van der Waals surface area contributed by atoms with Gasteiger partial charge >= 0.3 is 5.97 Å². The Balaban J connectivity index is 0.000001000. The molecule has 0 radical (unpaired) electrons. The molecule has 11 heavy (non-hydrogen) atoms. The van der Waals surface area contributed by atoms with Gasteiger partial charge in [0.05, 0.1) is 12.5 Å². The highest BCUT2D eigenvalue weighted by Gasteiger charge is 2.32. The van der Waals surface area contributed by atoms with Crippen molar-refractivity contribution in [2.24, 2.45) is 5.73 Å². The zero-order valence-corrected chi connectivity index (χ0v) is 7.10. The number of carbonyl (C=O) groups excluding carboxylic acids is 1. The molecular formula is C6H12ClNO3. The van der Waals surface area contributed by atoms with Crippen LogP contribution in [0.4, 0.5) is 0 Å². The summed E-state index contributed by atoms with van der Waals surface area (Å²) >= 11 is 0. The van der Waals surface area contributed by atoms with Crippen molar-refractivity contribution >= 4 is 18.4 Å². The Morgan fingerprint density at radius 2 is 2.45 bits per heavy atom. The van der Waals surface area contributed by atoms with E-state index in [1.165, 1.54) is 0 Å². The molecule has 0 saturated carbocycles. The van der Waals surface area contributed by atoms with Crippen molar-refractivity contribution in [3.05, 3.63) is 0 Å². The summed E-state index contributed by atoms with van der Waals surface area (Å²) in [6.07, 6.45) is -0.248.